The van der Waals surface area contributed by atoms with Crippen LogP contribution in [-0.2, 0) is 0 Å². The number of rotatable bonds is 2. The minimum Gasteiger partial charge on any atom is -0.398 e. The molecule has 20 heavy (non-hydrogen) atoms. The topological polar surface area (TPSA) is 90.7 Å². The summed E-state index contributed by atoms with van der Waals surface area (Å²) in [7, 11) is 0. The summed E-state index contributed by atoms with van der Waals surface area (Å²) >= 11 is 3.39. The molecule has 2 heterocycles. The molecule has 2 aromatic heterocycles. The predicted molar refractivity (Wildman–Crippen MR) is 77.6 cm³/mol. The minimum absolute atomic E-state index is 0.357. The van der Waals surface area contributed by atoms with Crippen LogP contribution in [0, 0.1) is 6.92 Å². The second-order valence-electron chi connectivity index (χ2n) is 4.14. The monoisotopic (exact) mass is 331 g/mol. The fourth-order valence-electron chi connectivity index (χ4n) is 1.73. The lowest BCUT2D eigenvalue weighted by molar-refractivity contribution is 0.432. The number of hydrogen-bond acceptors (Lipinski definition) is 6. The van der Waals surface area contributed by atoms with Gasteiger partial charge < -0.3 is 10.3 Å². The van der Waals surface area contributed by atoms with Crippen LogP contribution in [0.25, 0.3) is 23.0 Å². The van der Waals surface area contributed by atoms with Gasteiger partial charge in [0, 0.05) is 16.4 Å². The summed E-state index contributed by atoms with van der Waals surface area (Å²) in [5, 5.41) is 3.93. The zero-order valence-electron chi connectivity index (χ0n) is 10.5. The number of nitrogen functional groups attached to an aromatic ring is 1. The summed E-state index contributed by atoms with van der Waals surface area (Å²) in [5.74, 6) is 1.41. The van der Waals surface area contributed by atoms with Crippen LogP contribution in [0.4, 0.5) is 5.69 Å². The highest BCUT2D eigenvalue weighted by Crippen LogP contribution is 2.28. The number of hydrogen-bond donors (Lipinski definition) is 1. The van der Waals surface area contributed by atoms with Crippen molar-refractivity contribution in [1.82, 2.24) is 20.1 Å². The van der Waals surface area contributed by atoms with E-state index < -0.39 is 0 Å². The normalized spacial score (nSPS) is 10.7. The van der Waals surface area contributed by atoms with Gasteiger partial charge in [-0.2, -0.15) is 4.98 Å². The molecule has 0 aliphatic heterocycles. The van der Waals surface area contributed by atoms with E-state index in [9.17, 15) is 0 Å². The van der Waals surface area contributed by atoms with Crippen LogP contribution >= 0.6 is 15.9 Å². The van der Waals surface area contributed by atoms with E-state index in [0.29, 0.717) is 34.5 Å². The number of halogens is 1. The number of benzene rings is 1. The molecule has 6 nitrogen and oxygen atoms in total. The predicted octanol–water partition coefficient (Wildman–Crippen LogP) is 2.85. The van der Waals surface area contributed by atoms with Crippen LogP contribution in [0.3, 0.4) is 0 Å². The first kappa shape index (κ1) is 12.7. The zero-order valence-corrected chi connectivity index (χ0v) is 12.1. The van der Waals surface area contributed by atoms with Crippen molar-refractivity contribution >= 4 is 21.6 Å². The van der Waals surface area contributed by atoms with Crippen molar-refractivity contribution in [2.45, 2.75) is 6.92 Å². The van der Waals surface area contributed by atoms with Gasteiger partial charge in [-0.15, -0.1) is 0 Å². The number of nitrogens with zero attached hydrogens (tertiary/aromatic N) is 4. The molecule has 0 amide bonds. The van der Waals surface area contributed by atoms with Crippen molar-refractivity contribution < 1.29 is 4.52 Å². The highest BCUT2D eigenvalue weighted by atomic mass is 79.9. The lowest BCUT2D eigenvalue weighted by Gasteiger charge is -2.00. The molecule has 0 bridgehead atoms. The van der Waals surface area contributed by atoms with Crippen molar-refractivity contribution in [1.29, 1.82) is 0 Å². The summed E-state index contributed by atoms with van der Waals surface area (Å²) < 4.78 is 6.15. The van der Waals surface area contributed by atoms with Crippen molar-refractivity contribution in [2.24, 2.45) is 0 Å². The smallest absolute Gasteiger partial charge is 0.260 e. The van der Waals surface area contributed by atoms with Gasteiger partial charge in [-0.3, -0.25) is 0 Å². The molecule has 0 unspecified atom stereocenters. The molecule has 0 aliphatic carbocycles. The Hall–Kier alpha value is -2.28. The number of aromatic nitrogens is 4. The molecule has 0 aliphatic rings. The van der Waals surface area contributed by atoms with Crippen molar-refractivity contribution in [3.05, 3.63) is 40.8 Å². The minimum atomic E-state index is 0.357. The van der Waals surface area contributed by atoms with E-state index in [2.05, 4.69) is 36.0 Å². The quantitative estimate of drug-likeness (QED) is 0.726. The number of nitrogens with two attached hydrogens (primary N) is 1. The Morgan fingerprint density at radius 2 is 2.05 bits per heavy atom. The Morgan fingerprint density at radius 1 is 1.20 bits per heavy atom. The van der Waals surface area contributed by atoms with Gasteiger partial charge in [-0.25, -0.2) is 9.97 Å². The van der Waals surface area contributed by atoms with Gasteiger partial charge in [0.25, 0.3) is 5.89 Å². The van der Waals surface area contributed by atoms with E-state index in [4.69, 9.17) is 10.3 Å². The van der Waals surface area contributed by atoms with Gasteiger partial charge in [0.2, 0.25) is 5.82 Å². The fraction of sp³-hybridized carbons (Fsp3) is 0.0769. The summed E-state index contributed by atoms with van der Waals surface area (Å²) in [6.07, 6.45) is 1.65. The highest BCUT2D eigenvalue weighted by molar-refractivity contribution is 9.10. The Kier molecular flexibility index (Phi) is 3.19. The first-order chi connectivity index (χ1) is 9.63. The van der Waals surface area contributed by atoms with Gasteiger partial charge in [0.15, 0.2) is 0 Å². The fourth-order valence-corrected chi connectivity index (χ4v) is 2.09. The van der Waals surface area contributed by atoms with Crippen LogP contribution in [0.15, 0.2) is 39.5 Å². The Labute approximate surface area is 123 Å². The third-order valence-electron chi connectivity index (χ3n) is 2.68. The molecular formula is C13H10BrN5O. The summed E-state index contributed by atoms with van der Waals surface area (Å²) in [6.45, 7) is 1.80. The maximum atomic E-state index is 5.92. The molecule has 7 heteroatoms. The number of aryl methyl sites for hydroxylation is 1. The SMILES string of the molecule is Cc1nccc(-c2noc(-c3cc(Br)ccc3N)n2)n1. The maximum Gasteiger partial charge on any atom is 0.260 e. The van der Waals surface area contributed by atoms with Gasteiger partial charge in [-0.05, 0) is 31.2 Å². The van der Waals surface area contributed by atoms with Crippen LogP contribution < -0.4 is 5.73 Å². The van der Waals surface area contributed by atoms with Crippen LogP contribution in [0.2, 0.25) is 0 Å². The Morgan fingerprint density at radius 3 is 2.85 bits per heavy atom. The third-order valence-corrected chi connectivity index (χ3v) is 3.17. The molecule has 0 saturated carbocycles. The first-order valence-electron chi connectivity index (χ1n) is 5.82. The Balaban J connectivity index is 2.04. The standard InChI is InChI=1S/C13H10BrN5O/c1-7-16-5-4-11(17-7)12-18-13(20-19-12)9-6-8(14)2-3-10(9)15/h2-6H,15H2,1H3. The van der Waals surface area contributed by atoms with E-state index in [1.54, 1.807) is 25.3 Å². The molecule has 1 aromatic carbocycles. The van der Waals surface area contributed by atoms with Crippen LogP contribution in [0.5, 0.6) is 0 Å². The average Bonchev–Trinajstić information content (AvgIpc) is 2.91. The van der Waals surface area contributed by atoms with E-state index in [-0.39, 0.29) is 0 Å². The second-order valence-corrected chi connectivity index (χ2v) is 5.06. The molecule has 3 aromatic rings. The largest absolute Gasteiger partial charge is 0.398 e. The third kappa shape index (κ3) is 2.39. The first-order valence-corrected chi connectivity index (χ1v) is 6.62. The number of anilines is 1. The maximum absolute atomic E-state index is 5.92. The average molecular weight is 332 g/mol. The molecule has 3 rings (SSSR count). The molecule has 0 spiro atoms. The molecule has 100 valence electrons. The molecule has 0 radical (unpaired) electrons. The molecule has 0 fully saturated rings. The van der Waals surface area contributed by atoms with Crippen LogP contribution in [0.1, 0.15) is 5.82 Å². The van der Waals surface area contributed by atoms with E-state index >= 15 is 0 Å². The van der Waals surface area contributed by atoms with Gasteiger partial charge in [0.05, 0.1) is 5.56 Å². The summed E-state index contributed by atoms with van der Waals surface area (Å²) in [4.78, 5) is 12.6. The van der Waals surface area contributed by atoms with Crippen LogP contribution in [-0.4, -0.2) is 20.1 Å². The van der Waals surface area contributed by atoms with Crippen molar-refractivity contribution in [3.63, 3.8) is 0 Å². The zero-order chi connectivity index (χ0) is 14.1. The highest BCUT2D eigenvalue weighted by Gasteiger charge is 2.14. The van der Waals surface area contributed by atoms with E-state index in [0.717, 1.165) is 4.47 Å². The Bertz CT molecular complexity index is 771. The van der Waals surface area contributed by atoms with E-state index in [1.165, 1.54) is 0 Å². The molecular weight excluding hydrogens is 322 g/mol. The summed E-state index contributed by atoms with van der Waals surface area (Å²) in [5.41, 5.74) is 7.79. The van der Waals surface area contributed by atoms with Crippen molar-refractivity contribution in [3.8, 4) is 23.0 Å². The van der Waals surface area contributed by atoms with Gasteiger partial charge in [-0.1, -0.05) is 21.1 Å². The summed E-state index contributed by atoms with van der Waals surface area (Å²) in [6, 6.07) is 7.19. The van der Waals surface area contributed by atoms with Gasteiger partial charge >= 0.3 is 0 Å². The molecule has 0 saturated heterocycles. The van der Waals surface area contributed by atoms with Crippen molar-refractivity contribution in [2.75, 3.05) is 5.73 Å². The van der Waals surface area contributed by atoms with E-state index in [1.807, 2.05) is 12.1 Å². The lowest BCUT2D eigenvalue weighted by Crippen LogP contribution is -1.92. The van der Waals surface area contributed by atoms with Gasteiger partial charge in [0.1, 0.15) is 11.5 Å². The molecule has 2 N–H and O–H groups in total. The lowest BCUT2D eigenvalue weighted by atomic mass is 10.2. The second kappa shape index (κ2) is 5.01. The molecule has 0 atom stereocenters.